The summed E-state index contributed by atoms with van der Waals surface area (Å²) >= 11 is 0. The molecule has 0 spiro atoms. The summed E-state index contributed by atoms with van der Waals surface area (Å²) in [7, 11) is 0. The number of furan rings is 1. The summed E-state index contributed by atoms with van der Waals surface area (Å²) in [5, 5.41) is 11.6. The number of hydrogen-bond acceptors (Lipinski definition) is 4. The molecule has 3 aromatic rings. The maximum absolute atomic E-state index is 12.4. The van der Waals surface area contributed by atoms with Gasteiger partial charge < -0.3 is 14.5 Å². The van der Waals surface area contributed by atoms with E-state index in [1.807, 2.05) is 36.4 Å². The monoisotopic (exact) mass is 318 g/mol. The highest BCUT2D eigenvalue weighted by atomic mass is 16.5. The molecule has 0 radical (unpaired) electrons. The molecule has 0 aliphatic rings. The number of ether oxygens (including phenoxy) is 1. The van der Waals surface area contributed by atoms with Gasteiger partial charge in [0.25, 0.3) is 5.91 Å². The second kappa shape index (κ2) is 7.16. The van der Waals surface area contributed by atoms with Crippen LogP contribution in [0.1, 0.15) is 21.7 Å². The molecule has 1 amide bonds. The van der Waals surface area contributed by atoms with Gasteiger partial charge in [0.2, 0.25) is 0 Å². The zero-order valence-corrected chi connectivity index (χ0v) is 12.7. The summed E-state index contributed by atoms with van der Waals surface area (Å²) in [4.78, 5) is 12.4. The lowest BCUT2D eigenvalue weighted by Crippen LogP contribution is -2.13. The van der Waals surface area contributed by atoms with Crippen molar-refractivity contribution in [2.75, 3.05) is 5.32 Å². The van der Waals surface area contributed by atoms with E-state index in [2.05, 4.69) is 5.32 Å². The van der Waals surface area contributed by atoms with Crippen LogP contribution in [0.4, 0.5) is 5.69 Å². The topological polar surface area (TPSA) is 75.3 Å². The van der Waals surface area contributed by atoms with Crippen LogP contribution in [0.25, 0.3) is 0 Å². The zero-order chi connectivity index (χ0) is 16.8. The fourth-order valence-corrected chi connectivity index (χ4v) is 2.18. The van der Waals surface area contributed by atoms with E-state index in [1.165, 1.54) is 6.26 Å². The predicted molar refractivity (Wildman–Crippen MR) is 88.6 cm³/mol. The third kappa shape index (κ3) is 3.62. The van der Waals surface area contributed by atoms with Crippen molar-refractivity contribution in [3.8, 4) is 11.8 Å². The van der Waals surface area contributed by atoms with Gasteiger partial charge in [-0.25, -0.2) is 0 Å². The van der Waals surface area contributed by atoms with Crippen LogP contribution in [0.2, 0.25) is 0 Å². The van der Waals surface area contributed by atoms with Crippen LogP contribution in [0.5, 0.6) is 5.75 Å². The van der Waals surface area contributed by atoms with E-state index >= 15 is 0 Å². The second-order valence-corrected chi connectivity index (χ2v) is 5.02. The fourth-order valence-electron chi connectivity index (χ4n) is 2.18. The van der Waals surface area contributed by atoms with Crippen LogP contribution < -0.4 is 10.1 Å². The summed E-state index contributed by atoms with van der Waals surface area (Å²) in [6, 6.07) is 19.7. The number of rotatable bonds is 5. The standard InChI is InChI=1S/C19H14N2O3/c20-12-14-5-4-6-16(11-14)21-19(22)18-15(9-10-23-18)13-24-17-7-2-1-3-8-17/h1-11H,13H2,(H,21,22). The summed E-state index contributed by atoms with van der Waals surface area (Å²) in [5.41, 5.74) is 1.65. The van der Waals surface area contributed by atoms with Crippen LogP contribution in [0.15, 0.2) is 71.3 Å². The van der Waals surface area contributed by atoms with Gasteiger partial charge in [-0.15, -0.1) is 0 Å². The van der Waals surface area contributed by atoms with Gasteiger partial charge in [-0.1, -0.05) is 24.3 Å². The van der Waals surface area contributed by atoms with Gasteiger partial charge in [0.15, 0.2) is 5.76 Å². The average molecular weight is 318 g/mol. The van der Waals surface area contributed by atoms with Crippen LogP contribution >= 0.6 is 0 Å². The molecule has 1 N–H and O–H groups in total. The lowest BCUT2D eigenvalue weighted by molar-refractivity contribution is 0.0993. The van der Waals surface area contributed by atoms with Crippen LogP contribution in [-0.4, -0.2) is 5.91 Å². The molecular formula is C19H14N2O3. The zero-order valence-electron chi connectivity index (χ0n) is 12.7. The molecule has 2 aromatic carbocycles. The lowest BCUT2D eigenvalue weighted by Gasteiger charge is -2.07. The first-order valence-corrected chi connectivity index (χ1v) is 7.32. The number of carbonyl (C=O) groups is 1. The SMILES string of the molecule is N#Cc1cccc(NC(=O)c2occc2COc2ccccc2)c1. The first-order valence-electron chi connectivity index (χ1n) is 7.32. The highest BCUT2D eigenvalue weighted by molar-refractivity contribution is 6.03. The largest absolute Gasteiger partial charge is 0.489 e. The maximum atomic E-state index is 12.4. The van der Waals surface area contributed by atoms with E-state index in [1.54, 1.807) is 30.3 Å². The van der Waals surface area contributed by atoms with Gasteiger partial charge >= 0.3 is 0 Å². The number of amides is 1. The number of nitriles is 1. The molecule has 1 aromatic heterocycles. The quantitative estimate of drug-likeness (QED) is 0.772. The normalized spacial score (nSPS) is 9.96. The minimum atomic E-state index is -0.387. The Morgan fingerprint density at radius 2 is 1.96 bits per heavy atom. The number of nitrogens with zero attached hydrogens (tertiary/aromatic N) is 1. The van der Waals surface area contributed by atoms with Crippen LogP contribution in [0, 0.1) is 11.3 Å². The molecule has 0 unspecified atom stereocenters. The minimum absolute atomic E-state index is 0.188. The first-order chi connectivity index (χ1) is 11.8. The van der Waals surface area contributed by atoms with Crippen molar-refractivity contribution in [3.63, 3.8) is 0 Å². The molecule has 0 bridgehead atoms. The Morgan fingerprint density at radius 1 is 1.12 bits per heavy atom. The number of nitrogens with one attached hydrogen (secondary N) is 1. The summed E-state index contributed by atoms with van der Waals surface area (Å²) in [6.07, 6.45) is 1.45. The molecule has 0 aliphatic heterocycles. The number of para-hydroxylation sites is 1. The Hall–Kier alpha value is -3.52. The Kier molecular flexibility index (Phi) is 4.59. The predicted octanol–water partition coefficient (Wildman–Crippen LogP) is 3.98. The molecule has 0 saturated carbocycles. The third-order valence-corrected chi connectivity index (χ3v) is 3.34. The Labute approximate surface area is 139 Å². The lowest BCUT2D eigenvalue weighted by atomic mass is 10.2. The third-order valence-electron chi connectivity index (χ3n) is 3.34. The molecule has 24 heavy (non-hydrogen) atoms. The Bertz CT molecular complexity index is 879. The van der Waals surface area contributed by atoms with E-state index < -0.39 is 0 Å². The fraction of sp³-hybridized carbons (Fsp3) is 0.0526. The number of hydrogen-bond donors (Lipinski definition) is 1. The number of carbonyl (C=O) groups excluding carboxylic acids is 1. The number of anilines is 1. The van der Waals surface area contributed by atoms with Gasteiger partial charge in [0.05, 0.1) is 17.9 Å². The van der Waals surface area contributed by atoms with Crippen molar-refractivity contribution < 1.29 is 13.9 Å². The van der Waals surface area contributed by atoms with Crippen LogP contribution in [-0.2, 0) is 6.61 Å². The van der Waals surface area contributed by atoms with Gasteiger partial charge in [0.1, 0.15) is 12.4 Å². The number of benzene rings is 2. The molecule has 118 valence electrons. The van der Waals surface area contributed by atoms with Crippen molar-refractivity contribution in [2.45, 2.75) is 6.61 Å². The molecule has 1 heterocycles. The molecule has 5 heteroatoms. The van der Waals surface area contributed by atoms with E-state index in [-0.39, 0.29) is 18.3 Å². The summed E-state index contributed by atoms with van der Waals surface area (Å²) in [6.45, 7) is 0.224. The van der Waals surface area contributed by atoms with Crippen molar-refractivity contribution >= 4 is 11.6 Å². The first kappa shape index (κ1) is 15.4. The van der Waals surface area contributed by atoms with Gasteiger partial charge in [-0.3, -0.25) is 4.79 Å². The van der Waals surface area contributed by atoms with Gasteiger partial charge in [-0.05, 0) is 36.4 Å². The smallest absolute Gasteiger partial charge is 0.291 e. The minimum Gasteiger partial charge on any atom is -0.489 e. The molecule has 0 aliphatic carbocycles. The van der Waals surface area contributed by atoms with Gasteiger partial charge in [-0.2, -0.15) is 5.26 Å². The van der Waals surface area contributed by atoms with E-state index in [4.69, 9.17) is 14.4 Å². The second-order valence-electron chi connectivity index (χ2n) is 5.02. The highest BCUT2D eigenvalue weighted by Gasteiger charge is 2.16. The average Bonchev–Trinajstić information content (AvgIpc) is 3.10. The summed E-state index contributed by atoms with van der Waals surface area (Å²) < 4.78 is 10.9. The van der Waals surface area contributed by atoms with Crippen molar-refractivity contribution in [2.24, 2.45) is 0 Å². The van der Waals surface area contributed by atoms with Gasteiger partial charge in [0, 0.05) is 11.3 Å². The molecular weight excluding hydrogens is 304 g/mol. The Balaban J connectivity index is 1.70. The summed E-state index contributed by atoms with van der Waals surface area (Å²) in [5.74, 6) is 0.516. The van der Waals surface area contributed by atoms with E-state index in [0.717, 1.165) is 0 Å². The Morgan fingerprint density at radius 3 is 2.75 bits per heavy atom. The van der Waals surface area contributed by atoms with Crippen molar-refractivity contribution in [3.05, 3.63) is 83.8 Å². The maximum Gasteiger partial charge on any atom is 0.291 e. The molecule has 3 rings (SSSR count). The van der Waals surface area contributed by atoms with Crippen molar-refractivity contribution in [1.29, 1.82) is 5.26 Å². The molecule has 0 atom stereocenters. The molecule has 0 fully saturated rings. The molecule has 0 saturated heterocycles. The van der Waals surface area contributed by atoms with E-state index in [0.29, 0.717) is 22.6 Å². The highest BCUT2D eigenvalue weighted by Crippen LogP contribution is 2.18. The van der Waals surface area contributed by atoms with E-state index in [9.17, 15) is 4.79 Å². The molecule has 5 nitrogen and oxygen atoms in total. The van der Waals surface area contributed by atoms with Crippen molar-refractivity contribution in [1.82, 2.24) is 0 Å². The van der Waals surface area contributed by atoms with Crippen LogP contribution in [0.3, 0.4) is 0 Å².